The minimum atomic E-state index is 0.932. The van der Waals surface area contributed by atoms with E-state index < -0.39 is 0 Å². The second kappa shape index (κ2) is 3.13. The van der Waals surface area contributed by atoms with Crippen molar-refractivity contribution in [3.8, 4) is 11.3 Å². The molecule has 2 rings (SSSR count). The highest BCUT2D eigenvalue weighted by molar-refractivity contribution is 5.56. The van der Waals surface area contributed by atoms with Crippen molar-refractivity contribution >= 4 is 0 Å². The first-order valence-corrected chi connectivity index (χ1v) is 3.69. The van der Waals surface area contributed by atoms with Crippen LogP contribution in [0.15, 0.2) is 42.9 Å². The van der Waals surface area contributed by atoms with Crippen molar-refractivity contribution in [2.45, 2.75) is 0 Å². The van der Waals surface area contributed by atoms with Gasteiger partial charge in [0, 0.05) is 30.2 Å². The molecule has 0 saturated heterocycles. The lowest BCUT2D eigenvalue weighted by Gasteiger charge is -1.96. The van der Waals surface area contributed by atoms with Gasteiger partial charge in [-0.15, -0.1) is 0 Å². The fourth-order valence-electron chi connectivity index (χ4n) is 1.00. The van der Waals surface area contributed by atoms with E-state index in [0.29, 0.717) is 0 Å². The quantitative estimate of drug-likeness (QED) is 0.629. The van der Waals surface area contributed by atoms with E-state index in [1.54, 1.807) is 18.6 Å². The van der Waals surface area contributed by atoms with Crippen LogP contribution in [0.5, 0.6) is 0 Å². The number of rotatable bonds is 1. The zero-order valence-electron chi connectivity index (χ0n) is 6.44. The molecule has 0 aliphatic heterocycles. The van der Waals surface area contributed by atoms with Crippen LogP contribution < -0.4 is 0 Å². The van der Waals surface area contributed by atoms with Crippen molar-refractivity contribution in [2.75, 3.05) is 0 Å². The predicted octanol–water partition coefficient (Wildman–Crippen LogP) is 1.94. The summed E-state index contributed by atoms with van der Waals surface area (Å²) in [5.74, 6) is 0. The van der Waals surface area contributed by atoms with Crippen LogP contribution in [-0.2, 0) is 0 Å². The number of pyridine rings is 2. The summed E-state index contributed by atoms with van der Waals surface area (Å²) in [7, 11) is 0. The first-order valence-electron chi connectivity index (χ1n) is 3.69. The third-order valence-corrected chi connectivity index (χ3v) is 1.57. The number of hydrogen-bond donors (Lipinski definition) is 0. The average molecular weight is 155 g/mol. The van der Waals surface area contributed by atoms with Gasteiger partial charge in [-0.1, -0.05) is 6.07 Å². The summed E-state index contributed by atoms with van der Waals surface area (Å²) in [6, 6.07) is 10.5. The fourth-order valence-corrected chi connectivity index (χ4v) is 1.00. The van der Waals surface area contributed by atoms with Crippen molar-refractivity contribution in [3.05, 3.63) is 48.9 Å². The summed E-state index contributed by atoms with van der Waals surface area (Å²) in [6.45, 7) is 0. The Kier molecular flexibility index (Phi) is 1.82. The van der Waals surface area contributed by atoms with Crippen LogP contribution in [0, 0.1) is 6.07 Å². The van der Waals surface area contributed by atoms with Crippen LogP contribution in [-0.4, -0.2) is 9.97 Å². The summed E-state index contributed by atoms with van der Waals surface area (Å²) in [5, 5.41) is 0. The normalized spacial score (nSPS) is 9.67. The maximum Gasteiger partial charge on any atom is 0.0717 e. The van der Waals surface area contributed by atoms with Gasteiger partial charge in [0.15, 0.2) is 0 Å². The van der Waals surface area contributed by atoms with E-state index in [0.717, 1.165) is 11.3 Å². The largest absolute Gasteiger partial charge is 0.264 e. The Morgan fingerprint density at radius 1 is 1.25 bits per heavy atom. The SMILES string of the molecule is [c]1ccc(-c2cccnc2)nc1. The zero-order chi connectivity index (χ0) is 8.23. The van der Waals surface area contributed by atoms with Crippen LogP contribution >= 0.6 is 0 Å². The second-order valence-corrected chi connectivity index (χ2v) is 2.39. The molecule has 2 nitrogen and oxygen atoms in total. The van der Waals surface area contributed by atoms with Gasteiger partial charge >= 0.3 is 0 Å². The van der Waals surface area contributed by atoms with E-state index in [4.69, 9.17) is 0 Å². The molecule has 2 heterocycles. The standard InChI is InChI=1S/C10H7N2/c1-2-7-12-10(5-1)9-4-3-6-11-8-9/h1,3-8H. The highest BCUT2D eigenvalue weighted by Gasteiger charge is 1.94. The first-order chi connectivity index (χ1) is 5.97. The van der Waals surface area contributed by atoms with Crippen molar-refractivity contribution < 1.29 is 0 Å². The lowest BCUT2D eigenvalue weighted by molar-refractivity contribution is 1.28. The molecule has 0 atom stereocenters. The van der Waals surface area contributed by atoms with E-state index in [1.165, 1.54) is 0 Å². The van der Waals surface area contributed by atoms with Crippen LogP contribution in [0.4, 0.5) is 0 Å². The molecule has 0 bridgehead atoms. The number of hydrogen-bond acceptors (Lipinski definition) is 2. The molecule has 1 radical (unpaired) electrons. The van der Waals surface area contributed by atoms with Crippen LogP contribution in [0.2, 0.25) is 0 Å². The lowest BCUT2D eigenvalue weighted by Crippen LogP contribution is -1.81. The van der Waals surface area contributed by atoms with E-state index in [9.17, 15) is 0 Å². The zero-order valence-corrected chi connectivity index (χ0v) is 6.44. The van der Waals surface area contributed by atoms with Gasteiger partial charge in [0.25, 0.3) is 0 Å². The van der Waals surface area contributed by atoms with Crippen LogP contribution in [0.3, 0.4) is 0 Å². The second-order valence-electron chi connectivity index (χ2n) is 2.39. The summed E-state index contributed by atoms with van der Waals surface area (Å²) < 4.78 is 0. The van der Waals surface area contributed by atoms with E-state index >= 15 is 0 Å². The Balaban J connectivity index is 2.46. The van der Waals surface area contributed by atoms with E-state index in [1.807, 2.05) is 24.3 Å². The van der Waals surface area contributed by atoms with Gasteiger partial charge in [0.05, 0.1) is 5.69 Å². The molecule has 0 fully saturated rings. The van der Waals surface area contributed by atoms with Gasteiger partial charge in [-0.05, 0) is 18.2 Å². The molecule has 57 valence electrons. The summed E-state index contributed by atoms with van der Waals surface area (Å²) in [6.07, 6.45) is 5.20. The first kappa shape index (κ1) is 6.98. The monoisotopic (exact) mass is 155 g/mol. The van der Waals surface area contributed by atoms with Crippen molar-refractivity contribution in [3.63, 3.8) is 0 Å². The van der Waals surface area contributed by atoms with Crippen LogP contribution in [0.1, 0.15) is 0 Å². The molecule has 0 saturated carbocycles. The van der Waals surface area contributed by atoms with Crippen molar-refractivity contribution in [2.24, 2.45) is 0 Å². The molecule has 12 heavy (non-hydrogen) atoms. The van der Waals surface area contributed by atoms with E-state index in [2.05, 4.69) is 16.0 Å². The number of aromatic nitrogens is 2. The summed E-state index contributed by atoms with van der Waals surface area (Å²) in [4.78, 5) is 8.16. The molecule has 2 aromatic heterocycles. The molecule has 0 unspecified atom stereocenters. The molecule has 0 amide bonds. The molecule has 0 aliphatic carbocycles. The average Bonchev–Trinajstić information content (AvgIpc) is 2.21. The Morgan fingerprint density at radius 2 is 2.25 bits per heavy atom. The molecule has 0 spiro atoms. The molecule has 0 aliphatic rings. The topological polar surface area (TPSA) is 25.8 Å². The van der Waals surface area contributed by atoms with Gasteiger partial charge in [-0.3, -0.25) is 9.97 Å². The Bertz CT molecular complexity index is 305. The molecular formula is C10H7N2. The molecule has 2 heteroatoms. The number of nitrogens with zero attached hydrogens (tertiary/aromatic N) is 2. The molecule has 0 aromatic carbocycles. The molecular weight excluding hydrogens is 148 g/mol. The van der Waals surface area contributed by atoms with Crippen LogP contribution in [0.25, 0.3) is 11.3 Å². The lowest BCUT2D eigenvalue weighted by atomic mass is 10.2. The van der Waals surface area contributed by atoms with Gasteiger partial charge in [0.1, 0.15) is 0 Å². The highest BCUT2D eigenvalue weighted by atomic mass is 14.7. The van der Waals surface area contributed by atoms with Gasteiger partial charge in [0.2, 0.25) is 0 Å². The van der Waals surface area contributed by atoms with E-state index in [-0.39, 0.29) is 0 Å². The van der Waals surface area contributed by atoms with Gasteiger partial charge < -0.3 is 0 Å². The Morgan fingerprint density at radius 3 is 2.92 bits per heavy atom. The third-order valence-electron chi connectivity index (χ3n) is 1.57. The highest BCUT2D eigenvalue weighted by Crippen LogP contribution is 2.12. The maximum atomic E-state index is 4.15. The predicted molar refractivity (Wildman–Crippen MR) is 46.3 cm³/mol. The van der Waals surface area contributed by atoms with Crippen molar-refractivity contribution in [1.29, 1.82) is 0 Å². The van der Waals surface area contributed by atoms with Crippen molar-refractivity contribution in [1.82, 2.24) is 9.97 Å². The third kappa shape index (κ3) is 1.32. The van der Waals surface area contributed by atoms with Gasteiger partial charge in [-0.25, -0.2) is 0 Å². The minimum Gasteiger partial charge on any atom is -0.264 e. The fraction of sp³-hybridized carbons (Fsp3) is 0. The maximum absolute atomic E-state index is 4.15. The minimum absolute atomic E-state index is 0.932. The van der Waals surface area contributed by atoms with Gasteiger partial charge in [-0.2, -0.15) is 0 Å². The summed E-state index contributed by atoms with van der Waals surface area (Å²) >= 11 is 0. The smallest absolute Gasteiger partial charge is 0.0717 e. The Labute approximate surface area is 70.9 Å². The molecule has 2 aromatic rings. The summed E-state index contributed by atoms with van der Waals surface area (Å²) in [5.41, 5.74) is 1.97. The Hall–Kier alpha value is -1.70. The molecule has 0 N–H and O–H groups in total.